The molecule has 0 atom stereocenters. The van der Waals surface area contributed by atoms with Gasteiger partial charge in [-0.3, -0.25) is 4.79 Å². The number of carbonyl (C=O) groups excluding carboxylic acids is 1. The number of hydrogen-bond acceptors (Lipinski definition) is 3. The average Bonchev–Trinajstić information content (AvgIpc) is 2.53. The number of nitrogens with zero attached hydrogens (tertiary/aromatic N) is 1. The van der Waals surface area contributed by atoms with Crippen molar-refractivity contribution in [2.24, 2.45) is 0 Å². The van der Waals surface area contributed by atoms with E-state index >= 15 is 0 Å². The van der Waals surface area contributed by atoms with Gasteiger partial charge in [-0.05, 0) is 43.7 Å². The fourth-order valence-corrected chi connectivity index (χ4v) is 2.07. The highest BCUT2D eigenvalue weighted by molar-refractivity contribution is 5.94. The molecule has 4 nitrogen and oxygen atoms in total. The van der Waals surface area contributed by atoms with Crippen LogP contribution in [0.5, 0.6) is 0 Å². The van der Waals surface area contributed by atoms with Crippen LogP contribution in [0.3, 0.4) is 0 Å². The van der Waals surface area contributed by atoms with Gasteiger partial charge in [0.15, 0.2) is 0 Å². The van der Waals surface area contributed by atoms with E-state index in [1.165, 1.54) is 0 Å². The van der Waals surface area contributed by atoms with E-state index in [4.69, 9.17) is 0 Å². The zero-order chi connectivity index (χ0) is 15.9. The Bertz CT molecular complexity index is 593. The van der Waals surface area contributed by atoms with Crippen molar-refractivity contribution in [3.63, 3.8) is 0 Å². The lowest BCUT2D eigenvalue weighted by atomic mass is 10.1. The number of carbonyl (C=O) groups is 1. The molecule has 0 aliphatic heterocycles. The lowest BCUT2D eigenvalue weighted by molar-refractivity contribution is 0.0943. The van der Waals surface area contributed by atoms with Gasteiger partial charge in [-0.2, -0.15) is 0 Å². The van der Waals surface area contributed by atoms with E-state index in [0.717, 1.165) is 11.3 Å². The van der Waals surface area contributed by atoms with Crippen molar-refractivity contribution in [1.29, 1.82) is 0 Å². The van der Waals surface area contributed by atoms with Crippen LogP contribution in [0.2, 0.25) is 0 Å². The lowest BCUT2D eigenvalue weighted by Crippen LogP contribution is -2.33. The van der Waals surface area contributed by atoms with Crippen LogP contribution in [0.15, 0.2) is 54.6 Å². The van der Waals surface area contributed by atoms with E-state index in [2.05, 4.69) is 10.7 Å². The van der Waals surface area contributed by atoms with Gasteiger partial charge in [-0.25, -0.2) is 5.43 Å². The van der Waals surface area contributed by atoms with Gasteiger partial charge in [0.1, 0.15) is 0 Å². The van der Waals surface area contributed by atoms with Crippen LogP contribution in [0.4, 0.5) is 5.69 Å². The fourth-order valence-electron chi connectivity index (χ4n) is 2.07. The quantitative estimate of drug-likeness (QED) is 0.806. The van der Waals surface area contributed by atoms with Crippen molar-refractivity contribution in [3.05, 3.63) is 65.7 Å². The minimum absolute atomic E-state index is 0.0316. The summed E-state index contributed by atoms with van der Waals surface area (Å²) in [6.45, 7) is 4.61. The third-order valence-corrected chi connectivity index (χ3v) is 3.30. The van der Waals surface area contributed by atoms with Gasteiger partial charge in [-0.1, -0.05) is 30.3 Å². The SMILES string of the molecule is CC(C)NC(=O)c1ccc(CNN(C)c2ccccc2)cc1. The summed E-state index contributed by atoms with van der Waals surface area (Å²) < 4.78 is 0. The third kappa shape index (κ3) is 4.60. The Morgan fingerprint density at radius 3 is 2.27 bits per heavy atom. The molecule has 2 aromatic carbocycles. The second-order valence-electron chi connectivity index (χ2n) is 5.55. The van der Waals surface area contributed by atoms with E-state index in [1.54, 1.807) is 0 Å². The van der Waals surface area contributed by atoms with Gasteiger partial charge < -0.3 is 10.3 Å². The molecule has 0 aliphatic rings. The monoisotopic (exact) mass is 297 g/mol. The summed E-state index contributed by atoms with van der Waals surface area (Å²) in [5.74, 6) is -0.0316. The number of amides is 1. The fraction of sp³-hybridized carbons (Fsp3) is 0.278. The molecule has 116 valence electrons. The summed E-state index contributed by atoms with van der Waals surface area (Å²) in [6.07, 6.45) is 0. The summed E-state index contributed by atoms with van der Waals surface area (Å²) in [7, 11) is 1.99. The molecular weight excluding hydrogens is 274 g/mol. The largest absolute Gasteiger partial charge is 0.350 e. The van der Waals surface area contributed by atoms with Crippen LogP contribution in [-0.2, 0) is 6.54 Å². The standard InChI is InChI=1S/C18H23N3O/c1-14(2)20-18(22)16-11-9-15(10-12-16)13-19-21(3)17-7-5-4-6-8-17/h4-12,14,19H,13H2,1-3H3,(H,20,22). The highest BCUT2D eigenvalue weighted by atomic mass is 16.1. The number of para-hydroxylation sites is 1. The van der Waals surface area contributed by atoms with E-state index in [9.17, 15) is 4.79 Å². The molecular formula is C18H23N3O. The Morgan fingerprint density at radius 2 is 1.68 bits per heavy atom. The number of anilines is 1. The topological polar surface area (TPSA) is 44.4 Å². The van der Waals surface area contributed by atoms with Crippen molar-refractivity contribution in [2.45, 2.75) is 26.4 Å². The number of hydrogen-bond donors (Lipinski definition) is 2. The molecule has 0 heterocycles. The molecule has 0 saturated heterocycles. The minimum Gasteiger partial charge on any atom is -0.350 e. The van der Waals surface area contributed by atoms with Crippen molar-refractivity contribution >= 4 is 11.6 Å². The van der Waals surface area contributed by atoms with E-state index in [-0.39, 0.29) is 11.9 Å². The molecule has 0 spiro atoms. The van der Waals surface area contributed by atoms with Crippen molar-refractivity contribution in [3.8, 4) is 0 Å². The van der Waals surface area contributed by atoms with Crippen LogP contribution < -0.4 is 15.8 Å². The maximum atomic E-state index is 11.9. The molecule has 0 radical (unpaired) electrons. The molecule has 0 unspecified atom stereocenters. The number of rotatable bonds is 6. The van der Waals surface area contributed by atoms with E-state index in [0.29, 0.717) is 12.1 Å². The second-order valence-corrected chi connectivity index (χ2v) is 5.55. The van der Waals surface area contributed by atoms with Crippen molar-refractivity contribution in [1.82, 2.24) is 10.7 Å². The van der Waals surface area contributed by atoms with Gasteiger partial charge >= 0.3 is 0 Å². The van der Waals surface area contributed by atoms with Crippen LogP contribution in [0.25, 0.3) is 0 Å². The molecule has 0 fully saturated rings. The normalized spacial score (nSPS) is 10.5. The van der Waals surface area contributed by atoms with Gasteiger partial charge in [0.05, 0.1) is 5.69 Å². The number of benzene rings is 2. The van der Waals surface area contributed by atoms with Gasteiger partial charge in [0, 0.05) is 25.2 Å². The summed E-state index contributed by atoms with van der Waals surface area (Å²) in [6, 6.07) is 17.9. The molecule has 2 N–H and O–H groups in total. The Labute approximate surface area is 132 Å². The molecule has 0 aromatic heterocycles. The zero-order valence-corrected chi connectivity index (χ0v) is 13.3. The van der Waals surface area contributed by atoms with Crippen molar-refractivity contribution in [2.75, 3.05) is 12.1 Å². The maximum Gasteiger partial charge on any atom is 0.251 e. The van der Waals surface area contributed by atoms with Gasteiger partial charge in [0.2, 0.25) is 0 Å². The van der Waals surface area contributed by atoms with Crippen LogP contribution in [0, 0.1) is 0 Å². The first-order valence-electron chi connectivity index (χ1n) is 7.48. The summed E-state index contributed by atoms with van der Waals surface area (Å²) in [5.41, 5.74) is 6.25. The first kappa shape index (κ1) is 16.0. The van der Waals surface area contributed by atoms with Gasteiger partial charge in [-0.15, -0.1) is 0 Å². The molecule has 2 rings (SSSR count). The third-order valence-electron chi connectivity index (χ3n) is 3.30. The number of nitrogens with one attached hydrogen (secondary N) is 2. The van der Waals surface area contributed by atoms with Crippen LogP contribution in [-0.4, -0.2) is 19.0 Å². The predicted molar refractivity (Wildman–Crippen MR) is 90.7 cm³/mol. The summed E-state index contributed by atoms with van der Waals surface area (Å²) in [5, 5.41) is 4.87. The maximum absolute atomic E-state index is 11.9. The van der Waals surface area contributed by atoms with Crippen LogP contribution >= 0.6 is 0 Å². The second kappa shape index (κ2) is 7.61. The summed E-state index contributed by atoms with van der Waals surface area (Å²) in [4.78, 5) is 11.9. The molecule has 0 saturated carbocycles. The van der Waals surface area contributed by atoms with E-state index < -0.39 is 0 Å². The Hall–Kier alpha value is -2.33. The average molecular weight is 297 g/mol. The molecule has 0 bridgehead atoms. The Balaban J connectivity index is 1.90. The van der Waals surface area contributed by atoms with E-state index in [1.807, 2.05) is 80.5 Å². The van der Waals surface area contributed by atoms with Crippen molar-refractivity contribution < 1.29 is 4.79 Å². The lowest BCUT2D eigenvalue weighted by Gasteiger charge is -2.20. The highest BCUT2D eigenvalue weighted by Crippen LogP contribution is 2.10. The zero-order valence-electron chi connectivity index (χ0n) is 13.3. The molecule has 0 aliphatic carbocycles. The smallest absolute Gasteiger partial charge is 0.251 e. The number of hydrazine groups is 1. The predicted octanol–water partition coefficient (Wildman–Crippen LogP) is 2.97. The van der Waals surface area contributed by atoms with Gasteiger partial charge in [0.25, 0.3) is 5.91 Å². The first-order chi connectivity index (χ1) is 10.6. The molecule has 2 aromatic rings. The molecule has 22 heavy (non-hydrogen) atoms. The highest BCUT2D eigenvalue weighted by Gasteiger charge is 2.06. The Kier molecular flexibility index (Phi) is 5.55. The van der Waals surface area contributed by atoms with Crippen LogP contribution in [0.1, 0.15) is 29.8 Å². The molecule has 4 heteroatoms. The summed E-state index contributed by atoms with van der Waals surface area (Å²) >= 11 is 0. The Morgan fingerprint density at radius 1 is 1.05 bits per heavy atom. The minimum atomic E-state index is -0.0316. The first-order valence-corrected chi connectivity index (χ1v) is 7.48. The molecule has 1 amide bonds.